The largest absolute Gasteiger partial charge is 0.391 e. The summed E-state index contributed by atoms with van der Waals surface area (Å²) >= 11 is 0. The maximum absolute atomic E-state index is 12.9. The first-order valence-electron chi connectivity index (χ1n) is 9.35. The molecule has 2 aliphatic rings. The minimum absolute atomic E-state index is 0.117. The molecule has 0 bridgehead atoms. The van der Waals surface area contributed by atoms with Gasteiger partial charge in [0.2, 0.25) is 0 Å². The van der Waals surface area contributed by atoms with E-state index in [4.69, 9.17) is 0 Å². The highest BCUT2D eigenvalue weighted by atomic mass is 16.3. The zero-order valence-corrected chi connectivity index (χ0v) is 15.1. The van der Waals surface area contributed by atoms with Crippen LogP contribution < -0.4 is 0 Å². The number of carbonyl (C=O) groups excluding carboxylic acids is 1. The van der Waals surface area contributed by atoms with Gasteiger partial charge in [-0.2, -0.15) is 0 Å². The average molecular weight is 341 g/mol. The van der Waals surface area contributed by atoms with Crippen LogP contribution in [0.4, 0.5) is 0 Å². The second-order valence-corrected chi connectivity index (χ2v) is 7.53. The standard InChI is InChI=1S/C20H27N3O2/c1-13-14(2)21-17-7-6-15(12-16(13)17)20(25)23-10-8-22(9-11-23)18-4-3-5-19(18)24/h6-7,12,18-19,21,24H,3-5,8-11H2,1-2H3. The Bertz CT molecular complexity index is 790. The monoisotopic (exact) mass is 341 g/mol. The van der Waals surface area contributed by atoms with Crippen LogP contribution in [-0.2, 0) is 0 Å². The molecule has 2 N–H and O–H groups in total. The summed E-state index contributed by atoms with van der Waals surface area (Å²) in [6, 6.07) is 6.24. The summed E-state index contributed by atoms with van der Waals surface area (Å²) in [5.41, 5.74) is 4.23. The summed E-state index contributed by atoms with van der Waals surface area (Å²) in [7, 11) is 0. The number of rotatable bonds is 2. The summed E-state index contributed by atoms with van der Waals surface area (Å²) in [6.07, 6.45) is 2.92. The summed E-state index contributed by atoms with van der Waals surface area (Å²) in [5, 5.41) is 11.2. The number of aromatic nitrogens is 1. The molecule has 2 unspecified atom stereocenters. The van der Waals surface area contributed by atoms with E-state index in [-0.39, 0.29) is 12.0 Å². The fourth-order valence-corrected chi connectivity index (χ4v) is 4.38. The summed E-state index contributed by atoms with van der Waals surface area (Å²) in [4.78, 5) is 20.6. The Balaban J connectivity index is 1.46. The second-order valence-electron chi connectivity index (χ2n) is 7.53. The molecular formula is C20H27N3O2. The van der Waals surface area contributed by atoms with Gasteiger partial charge in [0, 0.05) is 54.4 Å². The number of H-pyrrole nitrogens is 1. The first-order chi connectivity index (χ1) is 12.0. The molecule has 1 aliphatic heterocycles. The first kappa shape index (κ1) is 16.6. The predicted molar refractivity (Wildman–Crippen MR) is 98.9 cm³/mol. The lowest BCUT2D eigenvalue weighted by atomic mass is 10.1. The molecule has 0 radical (unpaired) electrons. The third-order valence-corrected chi connectivity index (χ3v) is 6.07. The third-order valence-electron chi connectivity index (χ3n) is 6.07. The molecule has 1 aromatic carbocycles. The lowest BCUT2D eigenvalue weighted by Crippen LogP contribution is -2.53. The molecule has 25 heavy (non-hydrogen) atoms. The minimum Gasteiger partial charge on any atom is -0.391 e. The number of nitrogens with zero attached hydrogens (tertiary/aromatic N) is 2. The van der Waals surface area contributed by atoms with E-state index in [1.165, 1.54) is 5.56 Å². The fraction of sp³-hybridized carbons (Fsp3) is 0.550. The summed E-state index contributed by atoms with van der Waals surface area (Å²) in [6.45, 7) is 7.36. The van der Waals surface area contributed by atoms with Crippen molar-refractivity contribution < 1.29 is 9.90 Å². The number of hydrogen-bond acceptors (Lipinski definition) is 3. The van der Waals surface area contributed by atoms with Gasteiger partial charge in [-0.3, -0.25) is 9.69 Å². The third kappa shape index (κ3) is 2.96. The van der Waals surface area contributed by atoms with Crippen molar-refractivity contribution in [3.63, 3.8) is 0 Å². The van der Waals surface area contributed by atoms with E-state index >= 15 is 0 Å². The number of carbonyl (C=O) groups is 1. The number of hydrogen-bond donors (Lipinski definition) is 2. The van der Waals surface area contributed by atoms with Crippen molar-refractivity contribution >= 4 is 16.8 Å². The molecule has 2 heterocycles. The number of aliphatic hydroxyl groups is 1. The molecule has 1 aliphatic carbocycles. The lowest BCUT2D eigenvalue weighted by molar-refractivity contribution is 0.0315. The SMILES string of the molecule is Cc1[nH]c2ccc(C(=O)N3CCN(C4CCCC4O)CC3)cc2c1C. The van der Waals surface area contributed by atoms with E-state index in [9.17, 15) is 9.90 Å². The van der Waals surface area contributed by atoms with Crippen molar-refractivity contribution in [1.82, 2.24) is 14.8 Å². The first-order valence-corrected chi connectivity index (χ1v) is 9.35. The predicted octanol–water partition coefficient (Wildman–Crippen LogP) is 2.46. The van der Waals surface area contributed by atoms with Crippen molar-refractivity contribution in [3.8, 4) is 0 Å². The molecule has 1 saturated carbocycles. The van der Waals surface area contributed by atoms with Gasteiger partial charge < -0.3 is 15.0 Å². The lowest BCUT2D eigenvalue weighted by Gasteiger charge is -2.39. The van der Waals surface area contributed by atoms with Gasteiger partial charge in [-0.1, -0.05) is 0 Å². The maximum Gasteiger partial charge on any atom is 0.253 e. The van der Waals surface area contributed by atoms with Crippen LogP contribution in [0, 0.1) is 13.8 Å². The Morgan fingerprint density at radius 2 is 1.92 bits per heavy atom. The summed E-state index contributed by atoms with van der Waals surface area (Å²) in [5.74, 6) is 0.117. The van der Waals surface area contributed by atoms with E-state index in [1.807, 2.05) is 23.1 Å². The number of amides is 1. The number of nitrogens with one attached hydrogen (secondary N) is 1. The number of fused-ring (bicyclic) bond motifs is 1. The average Bonchev–Trinajstić information content (AvgIpc) is 3.18. The Labute approximate surface area is 148 Å². The quantitative estimate of drug-likeness (QED) is 0.882. The van der Waals surface area contributed by atoms with Crippen LogP contribution in [0.1, 0.15) is 40.9 Å². The fourth-order valence-electron chi connectivity index (χ4n) is 4.38. The summed E-state index contributed by atoms with van der Waals surface area (Å²) < 4.78 is 0. The molecule has 2 fully saturated rings. The van der Waals surface area contributed by atoms with Crippen LogP contribution >= 0.6 is 0 Å². The Morgan fingerprint density at radius 1 is 1.16 bits per heavy atom. The van der Waals surface area contributed by atoms with E-state index in [0.29, 0.717) is 6.04 Å². The zero-order chi connectivity index (χ0) is 17.6. The molecule has 5 heteroatoms. The van der Waals surface area contributed by atoms with Crippen LogP contribution in [0.5, 0.6) is 0 Å². The van der Waals surface area contributed by atoms with Crippen LogP contribution in [0.15, 0.2) is 18.2 Å². The minimum atomic E-state index is -0.190. The van der Waals surface area contributed by atoms with Gasteiger partial charge >= 0.3 is 0 Å². The van der Waals surface area contributed by atoms with Gasteiger partial charge in [0.25, 0.3) is 5.91 Å². The van der Waals surface area contributed by atoms with Gasteiger partial charge in [-0.05, 0) is 56.9 Å². The molecule has 1 saturated heterocycles. The number of aryl methyl sites for hydroxylation is 2. The highest BCUT2D eigenvalue weighted by Crippen LogP contribution is 2.26. The molecule has 134 valence electrons. The number of piperazine rings is 1. The smallest absolute Gasteiger partial charge is 0.253 e. The van der Waals surface area contributed by atoms with Gasteiger partial charge in [0.1, 0.15) is 0 Å². The highest BCUT2D eigenvalue weighted by Gasteiger charge is 2.33. The van der Waals surface area contributed by atoms with E-state index in [2.05, 4.69) is 23.7 Å². The zero-order valence-electron chi connectivity index (χ0n) is 15.1. The van der Waals surface area contributed by atoms with Gasteiger partial charge in [0.15, 0.2) is 0 Å². The van der Waals surface area contributed by atoms with Crippen molar-refractivity contribution in [2.24, 2.45) is 0 Å². The molecular weight excluding hydrogens is 314 g/mol. The Hall–Kier alpha value is -1.85. The number of aliphatic hydroxyl groups excluding tert-OH is 1. The Morgan fingerprint density at radius 3 is 2.60 bits per heavy atom. The molecule has 2 aromatic rings. The molecule has 0 spiro atoms. The number of aromatic amines is 1. The van der Waals surface area contributed by atoms with E-state index in [1.54, 1.807) is 0 Å². The van der Waals surface area contributed by atoms with Crippen LogP contribution in [0.2, 0.25) is 0 Å². The Kier molecular flexibility index (Phi) is 4.29. The van der Waals surface area contributed by atoms with Crippen molar-refractivity contribution in [2.75, 3.05) is 26.2 Å². The van der Waals surface area contributed by atoms with Crippen molar-refractivity contribution in [2.45, 2.75) is 45.3 Å². The molecule has 1 amide bonds. The van der Waals surface area contributed by atoms with Gasteiger partial charge in [-0.25, -0.2) is 0 Å². The molecule has 1 aromatic heterocycles. The molecule has 2 atom stereocenters. The second kappa shape index (κ2) is 6.46. The van der Waals surface area contributed by atoms with Crippen LogP contribution in [-0.4, -0.2) is 64.1 Å². The van der Waals surface area contributed by atoms with Gasteiger partial charge in [0.05, 0.1) is 6.10 Å². The maximum atomic E-state index is 12.9. The van der Waals surface area contributed by atoms with E-state index in [0.717, 1.165) is 67.6 Å². The molecule has 4 rings (SSSR count). The van der Waals surface area contributed by atoms with E-state index < -0.39 is 0 Å². The normalized spacial score (nSPS) is 25.0. The topological polar surface area (TPSA) is 59.6 Å². The van der Waals surface area contributed by atoms with Crippen molar-refractivity contribution in [1.29, 1.82) is 0 Å². The van der Waals surface area contributed by atoms with Gasteiger partial charge in [-0.15, -0.1) is 0 Å². The van der Waals surface area contributed by atoms with Crippen LogP contribution in [0.3, 0.4) is 0 Å². The number of benzene rings is 1. The highest BCUT2D eigenvalue weighted by molar-refractivity contribution is 5.99. The van der Waals surface area contributed by atoms with Crippen molar-refractivity contribution in [3.05, 3.63) is 35.0 Å². The molecule has 5 nitrogen and oxygen atoms in total. The van der Waals surface area contributed by atoms with Crippen LogP contribution in [0.25, 0.3) is 10.9 Å².